The average molecular weight is 322 g/mol. The van der Waals surface area contributed by atoms with Gasteiger partial charge in [-0.15, -0.1) is 0 Å². The third-order valence-corrected chi connectivity index (χ3v) is 4.47. The molecule has 1 atom stereocenters. The molecular weight excluding hydrogens is 300 g/mol. The second-order valence-electron chi connectivity index (χ2n) is 6.34. The van der Waals surface area contributed by atoms with Crippen LogP contribution in [-0.2, 0) is 0 Å². The Balaban J connectivity index is 1.92. The fourth-order valence-corrected chi connectivity index (χ4v) is 3.24. The van der Waals surface area contributed by atoms with E-state index in [-0.39, 0.29) is 17.7 Å². The first-order valence-electron chi connectivity index (χ1n) is 8.31. The van der Waals surface area contributed by atoms with Crippen LogP contribution in [0.15, 0.2) is 48.5 Å². The summed E-state index contributed by atoms with van der Waals surface area (Å²) in [5.74, 6) is 0.0247. The summed E-state index contributed by atoms with van der Waals surface area (Å²) in [6.07, 6.45) is 1.91. The highest BCUT2D eigenvalue weighted by atomic mass is 16.2. The van der Waals surface area contributed by atoms with Crippen molar-refractivity contribution in [3.63, 3.8) is 0 Å². The Bertz CT molecular complexity index is 770. The zero-order chi connectivity index (χ0) is 17.1. The molecule has 0 aromatic heterocycles. The number of carbonyl (C=O) groups is 2. The van der Waals surface area contributed by atoms with E-state index in [0.29, 0.717) is 17.7 Å². The molecule has 124 valence electrons. The fraction of sp³-hybridized carbons (Fsp3) is 0.300. The number of nitrogens with zero attached hydrogens (tertiary/aromatic N) is 1. The van der Waals surface area contributed by atoms with Gasteiger partial charge in [0.25, 0.3) is 5.91 Å². The lowest BCUT2D eigenvalue weighted by Crippen LogP contribution is -2.45. The van der Waals surface area contributed by atoms with Crippen LogP contribution in [0.5, 0.6) is 0 Å². The molecule has 4 heteroatoms. The van der Waals surface area contributed by atoms with Gasteiger partial charge in [-0.25, -0.2) is 0 Å². The molecule has 0 bridgehead atoms. The normalized spacial score (nSPS) is 17.6. The maximum absolute atomic E-state index is 12.8. The molecule has 1 aliphatic heterocycles. The Hall–Kier alpha value is -2.46. The summed E-state index contributed by atoms with van der Waals surface area (Å²) >= 11 is 0. The van der Waals surface area contributed by atoms with Gasteiger partial charge >= 0.3 is 0 Å². The smallest absolute Gasteiger partial charge is 0.253 e. The molecule has 1 saturated heterocycles. The Morgan fingerprint density at radius 2 is 1.92 bits per heavy atom. The van der Waals surface area contributed by atoms with Gasteiger partial charge in [0.15, 0.2) is 5.78 Å². The predicted molar refractivity (Wildman–Crippen MR) is 95.0 cm³/mol. The van der Waals surface area contributed by atoms with Crippen LogP contribution < -0.4 is 5.73 Å². The number of carbonyl (C=O) groups excluding carboxylic acids is 2. The molecule has 0 saturated carbocycles. The minimum Gasteiger partial charge on any atom is -0.337 e. The summed E-state index contributed by atoms with van der Waals surface area (Å²) in [7, 11) is 0. The van der Waals surface area contributed by atoms with Gasteiger partial charge in [-0.3, -0.25) is 9.59 Å². The molecule has 3 rings (SSSR count). The number of hydrogen-bond acceptors (Lipinski definition) is 3. The van der Waals surface area contributed by atoms with Crippen LogP contribution in [-0.4, -0.2) is 35.7 Å². The van der Waals surface area contributed by atoms with Crippen molar-refractivity contribution in [2.75, 3.05) is 13.1 Å². The lowest BCUT2D eigenvalue weighted by Gasteiger charge is -2.31. The first-order valence-corrected chi connectivity index (χ1v) is 8.31. The topological polar surface area (TPSA) is 63.4 Å². The van der Waals surface area contributed by atoms with Gasteiger partial charge in [0.1, 0.15) is 0 Å². The standard InChI is InChI=1S/C20H22N2O2/c1-14(23)18-9-2-3-10-19(18)15-6-4-7-16(12-15)20(24)22-11-5-8-17(21)13-22/h2-4,6-7,9-10,12,17H,5,8,11,13,21H2,1H3/t17-/m1/s1. The lowest BCUT2D eigenvalue weighted by molar-refractivity contribution is 0.0708. The molecular formula is C20H22N2O2. The van der Waals surface area contributed by atoms with E-state index in [2.05, 4.69) is 0 Å². The number of ketones is 1. The van der Waals surface area contributed by atoms with Crippen molar-refractivity contribution in [1.82, 2.24) is 4.90 Å². The number of nitrogens with two attached hydrogens (primary N) is 1. The summed E-state index contributed by atoms with van der Waals surface area (Å²) in [4.78, 5) is 26.4. The Kier molecular flexibility index (Phi) is 4.76. The van der Waals surface area contributed by atoms with Crippen LogP contribution in [0.3, 0.4) is 0 Å². The van der Waals surface area contributed by atoms with Gasteiger partial charge in [-0.05, 0) is 43.0 Å². The molecule has 0 unspecified atom stereocenters. The second kappa shape index (κ2) is 6.97. The van der Waals surface area contributed by atoms with Crippen molar-refractivity contribution < 1.29 is 9.59 Å². The molecule has 24 heavy (non-hydrogen) atoms. The zero-order valence-corrected chi connectivity index (χ0v) is 13.9. The van der Waals surface area contributed by atoms with Crippen LogP contribution in [0.1, 0.15) is 40.5 Å². The van der Waals surface area contributed by atoms with E-state index in [0.717, 1.165) is 30.5 Å². The van der Waals surface area contributed by atoms with Crippen LogP contribution >= 0.6 is 0 Å². The molecule has 0 aliphatic carbocycles. The molecule has 1 fully saturated rings. The zero-order valence-electron chi connectivity index (χ0n) is 13.9. The third kappa shape index (κ3) is 3.39. The van der Waals surface area contributed by atoms with E-state index >= 15 is 0 Å². The maximum atomic E-state index is 12.8. The van der Waals surface area contributed by atoms with Gasteiger partial charge in [-0.1, -0.05) is 36.4 Å². The molecule has 2 N–H and O–H groups in total. The van der Waals surface area contributed by atoms with Crippen molar-refractivity contribution in [1.29, 1.82) is 0 Å². The number of benzene rings is 2. The molecule has 1 amide bonds. The minimum absolute atomic E-state index is 0.00676. The van der Waals surface area contributed by atoms with Gasteiger partial charge in [0.05, 0.1) is 0 Å². The lowest BCUT2D eigenvalue weighted by atomic mass is 9.96. The molecule has 1 aliphatic rings. The first-order chi connectivity index (χ1) is 11.6. The number of piperidine rings is 1. The third-order valence-electron chi connectivity index (χ3n) is 4.47. The number of likely N-dealkylation sites (tertiary alicyclic amines) is 1. The summed E-state index contributed by atoms with van der Waals surface area (Å²) in [6, 6.07) is 15.0. The van der Waals surface area contributed by atoms with Crippen LogP contribution in [0.2, 0.25) is 0 Å². The van der Waals surface area contributed by atoms with Gasteiger partial charge in [-0.2, -0.15) is 0 Å². The largest absolute Gasteiger partial charge is 0.337 e. The van der Waals surface area contributed by atoms with Crippen LogP contribution in [0.25, 0.3) is 11.1 Å². The van der Waals surface area contributed by atoms with E-state index in [4.69, 9.17) is 5.73 Å². The molecule has 1 heterocycles. The van der Waals surface area contributed by atoms with Crippen molar-refractivity contribution >= 4 is 11.7 Å². The number of hydrogen-bond donors (Lipinski definition) is 1. The summed E-state index contributed by atoms with van der Waals surface area (Å²) < 4.78 is 0. The predicted octanol–water partition coefficient (Wildman–Crippen LogP) is 3.12. The van der Waals surface area contributed by atoms with E-state index in [9.17, 15) is 9.59 Å². The first kappa shape index (κ1) is 16.4. The van der Waals surface area contributed by atoms with E-state index in [1.165, 1.54) is 0 Å². The minimum atomic E-state index is 0.00676. The molecule has 0 spiro atoms. The monoisotopic (exact) mass is 322 g/mol. The quantitative estimate of drug-likeness (QED) is 0.883. The Labute approximate surface area is 142 Å². The van der Waals surface area contributed by atoms with Crippen molar-refractivity contribution in [2.45, 2.75) is 25.8 Å². The summed E-state index contributed by atoms with van der Waals surface area (Å²) in [5.41, 5.74) is 9.03. The SMILES string of the molecule is CC(=O)c1ccccc1-c1cccc(C(=O)N2CCC[C@@H](N)C2)c1. The van der Waals surface area contributed by atoms with Crippen molar-refractivity contribution in [3.05, 3.63) is 59.7 Å². The molecule has 2 aromatic rings. The number of amides is 1. The average Bonchev–Trinajstić information content (AvgIpc) is 2.61. The number of rotatable bonds is 3. The molecule has 0 radical (unpaired) electrons. The Morgan fingerprint density at radius 3 is 2.67 bits per heavy atom. The van der Waals surface area contributed by atoms with Crippen molar-refractivity contribution in [3.8, 4) is 11.1 Å². The summed E-state index contributed by atoms with van der Waals surface area (Å²) in [6.45, 7) is 2.91. The molecule has 2 aromatic carbocycles. The fourth-order valence-electron chi connectivity index (χ4n) is 3.24. The van der Waals surface area contributed by atoms with Gasteiger partial charge in [0, 0.05) is 30.3 Å². The summed E-state index contributed by atoms with van der Waals surface area (Å²) in [5, 5.41) is 0. The van der Waals surface area contributed by atoms with Gasteiger partial charge < -0.3 is 10.6 Å². The van der Waals surface area contributed by atoms with E-state index in [1.807, 2.05) is 53.4 Å². The highest BCUT2D eigenvalue weighted by Crippen LogP contribution is 2.25. The highest BCUT2D eigenvalue weighted by molar-refractivity contribution is 6.02. The van der Waals surface area contributed by atoms with Crippen molar-refractivity contribution in [2.24, 2.45) is 5.73 Å². The Morgan fingerprint density at radius 1 is 1.12 bits per heavy atom. The van der Waals surface area contributed by atoms with Gasteiger partial charge in [0.2, 0.25) is 0 Å². The second-order valence-corrected chi connectivity index (χ2v) is 6.34. The maximum Gasteiger partial charge on any atom is 0.253 e. The van der Waals surface area contributed by atoms with Crippen LogP contribution in [0, 0.1) is 0 Å². The van der Waals surface area contributed by atoms with E-state index < -0.39 is 0 Å². The van der Waals surface area contributed by atoms with Crippen LogP contribution in [0.4, 0.5) is 0 Å². The number of Topliss-reactive ketones (excluding diaryl/α,β-unsaturated/α-hetero) is 1. The van der Waals surface area contributed by atoms with E-state index in [1.54, 1.807) is 6.92 Å². The molecule has 4 nitrogen and oxygen atoms in total. The highest BCUT2D eigenvalue weighted by Gasteiger charge is 2.22.